The van der Waals surface area contributed by atoms with Crippen LogP contribution in [0.2, 0.25) is 0 Å². The number of aromatic carboxylic acids is 1. The van der Waals surface area contributed by atoms with Crippen LogP contribution in [0.4, 0.5) is 17.3 Å². The Morgan fingerprint density at radius 3 is 2.33 bits per heavy atom. The molecule has 33 heavy (non-hydrogen) atoms. The zero-order valence-corrected chi connectivity index (χ0v) is 19.0. The number of carbonyl (C=O) groups is 1. The lowest BCUT2D eigenvalue weighted by Crippen LogP contribution is -2.31. The summed E-state index contributed by atoms with van der Waals surface area (Å²) in [6.45, 7) is 4.73. The van der Waals surface area contributed by atoms with Crippen molar-refractivity contribution in [1.82, 2.24) is 9.97 Å². The fraction of sp³-hybridized carbons (Fsp3) is 0.261. The monoisotopic (exact) mass is 467 g/mol. The molecule has 1 aliphatic heterocycles. The molecule has 0 amide bonds. The minimum absolute atomic E-state index is 0.0287. The van der Waals surface area contributed by atoms with Crippen LogP contribution < -0.4 is 14.5 Å². The van der Waals surface area contributed by atoms with Crippen LogP contribution >= 0.6 is 0 Å². The zero-order valence-electron chi connectivity index (χ0n) is 18.2. The van der Waals surface area contributed by atoms with Crippen LogP contribution in [0.1, 0.15) is 22.3 Å². The van der Waals surface area contributed by atoms with Crippen molar-refractivity contribution in [2.45, 2.75) is 18.2 Å². The topological polar surface area (TPSA) is 116 Å². The molecule has 1 aromatic heterocycles. The summed E-state index contributed by atoms with van der Waals surface area (Å²) in [6, 6.07) is 12.9. The van der Waals surface area contributed by atoms with Crippen molar-refractivity contribution in [3.63, 3.8) is 0 Å². The third-order valence-electron chi connectivity index (χ3n) is 5.51. The molecule has 2 aromatic carbocycles. The average Bonchev–Trinajstić information content (AvgIpc) is 3.06. The molecule has 4 rings (SSSR count). The van der Waals surface area contributed by atoms with E-state index < -0.39 is 16.0 Å². The molecule has 3 aromatic rings. The quantitative estimate of drug-likeness (QED) is 0.568. The number of carboxylic acids is 1. The van der Waals surface area contributed by atoms with Crippen LogP contribution in [0.3, 0.4) is 0 Å². The number of anilines is 3. The molecule has 1 aliphatic rings. The highest BCUT2D eigenvalue weighted by Crippen LogP contribution is 2.27. The summed E-state index contributed by atoms with van der Waals surface area (Å²) in [5, 5.41) is 9.76. The van der Waals surface area contributed by atoms with Gasteiger partial charge in [-0.1, -0.05) is 17.7 Å². The van der Waals surface area contributed by atoms with Crippen LogP contribution in [-0.4, -0.2) is 55.6 Å². The molecule has 9 nitrogen and oxygen atoms in total. The predicted molar refractivity (Wildman–Crippen MR) is 126 cm³/mol. The third-order valence-corrected chi connectivity index (χ3v) is 6.89. The SMILES string of the molecule is Cc1ccc(S(=O)(=O)Nc2ccc(N3CCCN(c4ncccn4)CC3)cc2C(=O)O)cc1. The first kappa shape index (κ1) is 22.5. The van der Waals surface area contributed by atoms with Crippen molar-refractivity contribution in [1.29, 1.82) is 0 Å². The standard InChI is InChI=1S/C23H25N5O4S/c1-17-4-7-19(8-5-17)33(31,32)26-21-9-6-18(16-20(21)22(29)30)27-12-3-13-28(15-14-27)23-24-10-2-11-25-23/h2,4-11,16,26H,3,12-15H2,1H3,(H,29,30). The molecule has 172 valence electrons. The maximum Gasteiger partial charge on any atom is 0.337 e. The van der Waals surface area contributed by atoms with Crippen molar-refractivity contribution >= 4 is 33.3 Å². The number of benzene rings is 2. The Balaban J connectivity index is 1.55. The average molecular weight is 468 g/mol. The second kappa shape index (κ2) is 9.45. The van der Waals surface area contributed by atoms with Gasteiger partial charge in [0.1, 0.15) is 0 Å². The summed E-state index contributed by atoms with van der Waals surface area (Å²) >= 11 is 0. The van der Waals surface area contributed by atoms with E-state index in [1.54, 1.807) is 36.7 Å². The van der Waals surface area contributed by atoms with Gasteiger partial charge in [0.15, 0.2) is 0 Å². The van der Waals surface area contributed by atoms with Gasteiger partial charge >= 0.3 is 5.97 Å². The highest BCUT2D eigenvalue weighted by Gasteiger charge is 2.22. The van der Waals surface area contributed by atoms with E-state index >= 15 is 0 Å². The lowest BCUT2D eigenvalue weighted by Gasteiger charge is -2.24. The van der Waals surface area contributed by atoms with E-state index in [2.05, 4.69) is 24.5 Å². The molecular formula is C23H25N5O4S. The van der Waals surface area contributed by atoms with Gasteiger partial charge in [-0.3, -0.25) is 4.72 Å². The van der Waals surface area contributed by atoms with Crippen LogP contribution in [0.25, 0.3) is 0 Å². The normalized spacial score (nSPS) is 14.6. The van der Waals surface area contributed by atoms with Gasteiger partial charge in [-0.25, -0.2) is 23.2 Å². The van der Waals surface area contributed by atoms with Crippen LogP contribution in [-0.2, 0) is 10.0 Å². The molecule has 2 heterocycles. The van der Waals surface area contributed by atoms with Gasteiger partial charge in [0.2, 0.25) is 5.95 Å². The number of nitrogens with zero attached hydrogens (tertiary/aromatic N) is 4. The van der Waals surface area contributed by atoms with E-state index in [-0.39, 0.29) is 16.1 Å². The van der Waals surface area contributed by atoms with E-state index in [0.717, 1.165) is 30.8 Å². The minimum Gasteiger partial charge on any atom is -0.478 e. The molecule has 10 heteroatoms. The van der Waals surface area contributed by atoms with E-state index in [1.165, 1.54) is 24.3 Å². The fourth-order valence-corrected chi connectivity index (χ4v) is 4.83. The number of carboxylic acid groups (broad SMARTS) is 1. The summed E-state index contributed by atoms with van der Waals surface area (Å²) in [7, 11) is -3.92. The van der Waals surface area contributed by atoms with Crippen molar-refractivity contribution in [2.24, 2.45) is 0 Å². The molecule has 0 aliphatic carbocycles. The largest absolute Gasteiger partial charge is 0.478 e. The Kier molecular flexibility index (Phi) is 6.45. The molecule has 2 N–H and O–H groups in total. The van der Waals surface area contributed by atoms with Crippen molar-refractivity contribution in [3.8, 4) is 0 Å². The molecule has 0 bridgehead atoms. The number of aryl methyl sites for hydroxylation is 1. The second-order valence-corrected chi connectivity index (χ2v) is 9.51. The predicted octanol–water partition coefficient (Wildman–Crippen LogP) is 3.00. The van der Waals surface area contributed by atoms with Crippen molar-refractivity contribution in [3.05, 3.63) is 72.1 Å². The summed E-state index contributed by atoms with van der Waals surface area (Å²) in [6.07, 6.45) is 4.27. The number of aromatic nitrogens is 2. The molecule has 0 radical (unpaired) electrons. The van der Waals surface area contributed by atoms with E-state index in [1.807, 2.05) is 6.92 Å². The molecule has 1 saturated heterocycles. The maximum atomic E-state index is 12.8. The Bertz CT molecular complexity index is 1230. The van der Waals surface area contributed by atoms with Gasteiger partial charge in [0.25, 0.3) is 10.0 Å². The number of hydrogen-bond donors (Lipinski definition) is 2. The van der Waals surface area contributed by atoms with Crippen LogP contribution in [0.15, 0.2) is 65.8 Å². The summed E-state index contributed by atoms with van der Waals surface area (Å²) in [5.74, 6) is -0.529. The number of sulfonamides is 1. The van der Waals surface area contributed by atoms with Gasteiger partial charge in [-0.15, -0.1) is 0 Å². The Morgan fingerprint density at radius 1 is 0.970 bits per heavy atom. The van der Waals surface area contributed by atoms with Crippen LogP contribution in [0, 0.1) is 6.92 Å². The van der Waals surface area contributed by atoms with Gasteiger partial charge in [-0.2, -0.15) is 0 Å². The number of rotatable bonds is 6. The fourth-order valence-electron chi connectivity index (χ4n) is 3.75. The number of nitrogens with one attached hydrogen (secondary N) is 1. The molecule has 0 unspecified atom stereocenters. The third kappa shape index (κ3) is 5.23. The Hall–Kier alpha value is -3.66. The minimum atomic E-state index is -3.92. The van der Waals surface area contributed by atoms with Gasteiger partial charge in [-0.05, 0) is 49.7 Å². The van der Waals surface area contributed by atoms with Crippen molar-refractivity contribution in [2.75, 3.05) is 40.7 Å². The van der Waals surface area contributed by atoms with Gasteiger partial charge in [0.05, 0.1) is 16.1 Å². The van der Waals surface area contributed by atoms with E-state index in [0.29, 0.717) is 19.0 Å². The first-order chi connectivity index (χ1) is 15.8. The zero-order chi connectivity index (χ0) is 23.4. The molecule has 0 saturated carbocycles. The van der Waals surface area contributed by atoms with E-state index in [9.17, 15) is 18.3 Å². The molecule has 0 spiro atoms. The molecular weight excluding hydrogens is 442 g/mol. The highest BCUT2D eigenvalue weighted by atomic mass is 32.2. The highest BCUT2D eigenvalue weighted by molar-refractivity contribution is 7.92. The smallest absolute Gasteiger partial charge is 0.337 e. The Morgan fingerprint density at radius 2 is 1.64 bits per heavy atom. The molecule has 0 atom stereocenters. The van der Waals surface area contributed by atoms with Crippen molar-refractivity contribution < 1.29 is 18.3 Å². The first-order valence-electron chi connectivity index (χ1n) is 10.6. The Labute approximate surface area is 192 Å². The lowest BCUT2D eigenvalue weighted by atomic mass is 10.1. The number of hydrogen-bond acceptors (Lipinski definition) is 7. The van der Waals surface area contributed by atoms with E-state index in [4.69, 9.17) is 0 Å². The lowest BCUT2D eigenvalue weighted by molar-refractivity contribution is 0.0698. The van der Waals surface area contributed by atoms with Gasteiger partial charge in [0, 0.05) is 44.3 Å². The summed E-state index contributed by atoms with van der Waals surface area (Å²) in [4.78, 5) is 24.8. The maximum absolute atomic E-state index is 12.8. The molecule has 1 fully saturated rings. The second-order valence-electron chi connectivity index (χ2n) is 7.83. The summed E-state index contributed by atoms with van der Waals surface area (Å²) < 4.78 is 27.9. The first-order valence-corrected chi connectivity index (χ1v) is 12.1. The summed E-state index contributed by atoms with van der Waals surface area (Å²) in [5.41, 5.74) is 1.58. The van der Waals surface area contributed by atoms with Crippen LogP contribution in [0.5, 0.6) is 0 Å². The van der Waals surface area contributed by atoms with Gasteiger partial charge < -0.3 is 14.9 Å².